The van der Waals surface area contributed by atoms with Crippen LogP contribution in [0.4, 0.5) is 0 Å². The lowest BCUT2D eigenvalue weighted by atomic mass is 10.1. The van der Waals surface area contributed by atoms with Crippen LogP contribution >= 0.6 is 12.2 Å². The Morgan fingerprint density at radius 3 is 2.71 bits per heavy atom. The minimum atomic E-state index is -3.30. The summed E-state index contributed by atoms with van der Waals surface area (Å²) in [6.07, 6.45) is 1.14. The maximum absolute atomic E-state index is 12.4. The average Bonchev–Trinajstić information content (AvgIpc) is 2.75. The zero-order valence-electron chi connectivity index (χ0n) is 12.5. The van der Waals surface area contributed by atoms with Gasteiger partial charge in [-0.05, 0) is 31.4 Å². The van der Waals surface area contributed by atoms with Crippen LogP contribution in [0.3, 0.4) is 0 Å². The predicted octanol–water partition coefficient (Wildman–Crippen LogP) is 1.82. The van der Waals surface area contributed by atoms with Gasteiger partial charge in [0.15, 0.2) is 9.84 Å². The largest absolute Gasteiger partial charge is 0.389 e. The molecule has 2 N–H and O–H groups in total. The van der Waals surface area contributed by atoms with Gasteiger partial charge in [0.25, 0.3) is 0 Å². The fourth-order valence-corrected chi connectivity index (χ4v) is 4.33. The number of nitrogens with zero attached hydrogens (tertiary/aromatic N) is 1. The topological polar surface area (TPSA) is 63.4 Å². The van der Waals surface area contributed by atoms with E-state index in [1.54, 1.807) is 24.3 Å². The molecule has 1 aromatic rings. The lowest BCUT2D eigenvalue weighted by Crippen LogP contribution is -2.32. The maximum Gasteiger partial charge on any atom is 0.179 e. The molecule has 0 aliphatic carbocycles. The molecule has 6 heteroatoms. The first-order valence-corrected chi connectivity index (χ1v) is 9.22. The summed E-state index contributed by atoms with van der Waals surface area (Å²) < 4.78 is 24.9. The van der Waals surface area contributed by atoms with Gasteiger partial charge in [0.1, 0.15) is 4.99 Å². The van der Waals surface area contributed by atoms with Crippen molar-refractivity contribution < 1.29 is 8.42 Å². The van der Waals surface area contributed by atoms with Crippen molar-refractivity contribution in [3.63, 3.8) is 0 Å². The molecule has 1 aliphatic rings. The van der Waals surface area contributed by atoms with Gasteiger partial charge in [0, 0.05) is 24.7 Å². The summed E-state index contributed by atoms with van der Waals surface area (Å²) >= 11 is 4.90. The standard InChI is InChI=1S/C15H22N2O2S2/c1-11-8-12(2)17(10-11)6-7-21(18,19)14-5-3-4-13(9-14)15(16)20/h3-5,9,11-12H,6-8,10H2,1-2H3,(H2,16,20). The Balaban J connectivity index is 2.08. The highest BCUT2D eigenvalue weighted by molar-refractivity contribution is 7.91. The van der Waals surface area contributed by atoms with Crippen molar-refractivity contribution in [3.8, 4) is 0 Å². The van der Waals surface area contributed by atoms with E-state index in [0.29, 0.717) is 29.0 Å². The SMILES string of the molecule is CC1CC(C)N(CCS(=O)(=O)c2cccc(C(N)=S)c2)C1. The molecular weight excluding hydrogens is 304 g/mol. The van der Waals surface area contributed by atoms with Crippen molar-refractivity contribution in [2.75, 3.05) is 18.8 Å². The predicted molar refractivity (Wildman–Crippen MR) is 89.2 cm³/mol. The third-order valence-electron chi connectivity index (χ3n) is 4.04. The molecule has 0 aromatic heterocycles. The van der Waals surface area contributed by atoms with Gasteiger partial charge >= 0.3 is 0 Å². The minimum absolute atomic E-state index is 0.130. The van der Waals surface area contributed by atoms with E-state index >= 15 is 0 Å². The van der Waals surface area contributed by atoms with Crippen LogP contribution < -0.4 is 5.73 Å². The fraction of sp³-hybridized carbons (Fsp3) is 0.533. The molecule has 0 radical (unpaired) electrons. The van der Waals surface area contributed by atoms with Crippen LogP contribution in [0.25, 0.3) is 0 Å². The van der Waals surface area contributed by atoms with Gasteiger partial charge in [-0.25, -0.2) is 8.42 Å². The van der Waals surface area contributed by atoms with Crippen molar-refractivity contribution in [3.05, 3.63) is 29.8 Å². The normalized spacial score (nSPS) is 23.3. The number of thiocarbonyl (C=S) groups is 1. The molecule has 116 valence electrons. The molecule has 0 saturated carbocycles. The summed E-state index contributed by atoms with van der Waals surface area (Å²) in [5.74, 6) is 0.769. The lowest BCUT2D eigenvalue weighted by molar-refractivity contribution is 0.281. The zero-order valence-corrected chi connectivity index (χ0v) is 14.1. The van der Waals surface area contributed by atoms with E-state index in [4.69, 9.17) is 18.0 Å². The quantitative estimate of drug-likeness (QED) is 0.836. The van der Waals surface area contributed by atoms with Crippen LogP contribution in [0.2, 0.25) is 0 Å². The molecule has 0 spiro atoms. The van der Waals surface area contributed by atoms with E-state index in [1.165, 1.54) is 0 Å². The summed E-state index contributed by atoms with van der Waals surface area (Å²) in [6, 6.07) is 7.03. The van der Waals surface area contributed by atoms with Crippen molar-refractivity contribution in [1.82, 2.24) is 4.90 Å². The molecule has 0 bridgehead atoms. The molecule has 2 unspecified atom stereocenters. The van der Waals surface area contributed by atoms with Crippen LogP contribution in [0.1, 0.15) is 25.8 Å². The molecule has 4 nitrogen and oxygen atoms in total. The van der Waals surface area contributed by atoms with Gasteiger partial charge in [-0.1, -0.05) is 31.3 Å². The number of benzene rings is 1. The maximum atomic E-state index is 12.4. The number of nitrogens with two attached hydrogens (primary N) is 1. The highest BCUT2D eigenvalue weighted by Crippen LogP contribution is 2.22. The van der Waals surface area contributed by atoms with E-state index in [1.807, 2.05) is 0 Å². The second kappa shape index (κ2) is 6.42. The van der Waals surface area contributed by atoms with Crippen LogP contribution in [0, 0.1) is 5.92 Å². The first-order valence-electron chi connectivity index (χ1n) is 7.16. The number of hydrogen-bond acceptors (Lipinski definition) is 4. The highest BCUT2D eigenvalue weighted by atomic mass is 32.2. The van der Waals surface area contributed by atoms with Crippen LogP contribution in [0.5, 0.6) is 0 Å². The monoisotopic (exact) mass is 326 g/mol. The van der Waals surface area contributed by atoms with Crippen LogP contribution in [-0.4, -0.2) is 43.2 Å². The Morgan fingerprint density at radius 1 is 1.43 bits per heavy atom. The molecule has 21 heavy (non-hydrogen) atoms. The molecular formula is C15H22N2O2S2. The number of likely N-dealkylation sites (tertiary alicyclic amines) is 1. The summed E-state index contributed by atoms with van der Waals surface area (Å²) in [5.41, 5.74) is 6.15. The average molecular weight is 326 g/mol. The summed E-state index contributed by atoms with van der Waals surface area (Å²) in [7, 11) is -3.30. The van der Waals surface area contributed by atoms with E-state index in [-0.39, 0.29) is 10.7 Å². The van der Waals surface area contributed by atoms with Gasteiger partial charge in [0.2, 0.25) is 0 Å². The van der Waals surface area contributed by atoms with Crippen molar-refractivity contribution in [1.29, 1.82) is 0 Å². The Kier molecular flexibility index (Phi) is 5.01. The zero-order chi connectivity index (χ0) is 15.6. The lowest BCUT2D eigenvalue weighted by Gasteiger charge is -2.20. The second-order valence-electron chi connectivity index (χ2n) is 5.90. The highest BCUT2D eigenvalue weighted by Gasteiger charge is 2.27. The first kappa shape index (κ1) is 16.4. The molecule has 2 atom stereocenters. The molecule has 1 aliphatic heterocycles. The number of sulfone groups is 1. The molecule has 1 heterocycles. The first-order chi connectivity index (χ1) is 9.79. The van der Waals surface area contributed by atoms with E-state index in [9.17, 15) is 8.42 Å². The Labute approximate surface area is 132 Å². The summed E-state index contributed by atoms with van der Waals surface area (Å²) in [5, 5.41) is 0. The third-order valence-corrected chi connectivity index (χ3v) is 5.97. The van der Waals surface area contributed by atoms with Gasteiger partial charge in [0.05, 0.1) is 10.6 Å². The van der Waals surface area contributed by atoms with Gasteiger partial charge in [-0.3, -0.25) is 4.90 Å². The second-order valence-corrected chi connectivity index (χ2v) is 8.44. The van der Waals surface area contributed by atoms with Gasteiger partial charge in [-0.2, -0.15) is 0 Å². The smallest absolute Gasteiger partial charge is 0.179 e. The summed E-state index contributed by atoms with van der Waals surface area (Å²) in [4.78, 5) is 2.77. The molecule has 2 rings (SSSR count). The molecule has 0 amide bonds. The number of hydrogen-bond donors (Lipinski definition) is 1. The fourth-order valence-electron chi connectivity index (χ4n) is 2.90. The third kappa shape index (κ3) is 4.02. The number of rotatable bonds is 5. The summed E-state index contributed by atoms with van der Waals surface area (Å²) in [6.45, 7) is 5.91. The Morgan fingerprint density at radius 2 is 2.14 bits per heavy atom. The van der Waals surface area contributed by atoms with Crippen molar-refractivity contribution >= 4 is 27.0 Å². The van der Waals surface area contributed by atoms with Gasteiger partial charge < -0.3 is 5.73 Å². The Hall–Kier alpha value is -0.980. The minimum Gasteiger partial charge on any atom is -0.389 e. The molecule has 1 fully saturated rings. The van der Waals surface area contributed by atoms with E-state index < -0.39 is 9.84 Å². The van der Waals surface area contributed by atoms with Gasteiger partial charge in [-0.15, -0.1) is 0 Å². The molecule has 1 aromatic carbocycles. The Bertz CT molecular complexity index is 628. The molecule has 1 saturated heterocycles. The van der Waals surface area contributed by atoms with E-state index in [0.717, 1.165) is 13.0 Å². The van der Waals surface area contributed by atoms with Crippen LogP contribution in [-0.2, 0) is 9.84 Å². The van der Waals surface area contributed by atoms with Crippen molar-refractivity contribution in [2.45, 2.75) is 31.2 Å². The van der Waals surface area contributed by atoms with E-state index in [2.05, 4.69) is 18.7 Å². The van der Waals surface area contributed by atoms with Crippen LogP contribution in [0.15, 0.2) is 29.2 Å². The van der Waals surface area contributed by atoms with Crippen molar-refractivity contribution in [2.24, 2.45) is 11.7 Å².